The monoisotopic (exact) mass is 141 g/mol. The maximum atomic E-state index is 9.10. The molecule has 0 radical (unpaired) electrons. The summed E-state index contributed by atoms with van der Waals surface area (Å²) in [5.41, 5.74) is 0.484. The first kappa shape index (κ1) is 6.62. The smallest absolute Gasteiger partial charge is 0.0613 e. The maximum Gasteiger partial charge on any atom is 0.0613 e. The Morgan fingerprint density at radius 1 is 1.30 bits per heavy atom. The van der Waals surface area contributed by atoms with Gasteiger partial charge in [0.05, 0.1) is 6.61 Å². The van der Waals surface area contributed by atoms with Gasteiger partial charge >= 0.3 is 0 Å². The van der Waals surface area contributed by atoms with Crippen molar-refractivity contribution in [1.29, 1.82) is 0 Å². The van der Waals surface area contributed by atoms with Crippen LogP contribution in [-0.2, 0) is 0 Å². The zero-order valence-electron chi connectivity index (χ0n) is 6.48. The first-order chi connectivity index (χ1) is 4.68. The zero-order chi connectivity index (χ0) is 7.24. The van der Waals surface area contributed by atoms with Gasteiger partial charge in [0.1, 0.15) is 0 Å². The molecule has 0 unspecified atom stereocenters. The van der Waals surface area contributed by atoms with Gasteiger partial charge in [0.25, 0.3) is 0 Å². The van der Waals surface area contributed by atoms with Crippen molar-refractivity contribution in [2.45, 2.75) is 43.7 Å². The number of fused-ring (bicyclic) bond motifs is 2. The van der Waals surface area contributed by atoms with E-state index in [2.05, 4.69) is 12.2 Å². The quantitative estimate of drug-likeness (QED) is 0.562. The molecule has 2 N–H and O–H groups in total. The van der Waals surface area contributed by atoms with Crippen LogP contribution in [0.15, 0.2) is 0 Å². The van der Waals surface area contributed by atoms with E-state index >= 15 is 0 Å². The van der Waals surface area contributed by atoms with Crippen molar-refractivity contribution in [3.05, 3.63) is 0 Å². The molecule has 0 aromatic heterocycles. The van der Waals surface area contributed by atoms with E-state index in [4.69, 9.17) is 5.11 Å². The molecule has 0 aromatic rings. The highest BCUT2D eigenvalue weighted by molar-refractivity contribution is 5.10. The van der Waals surface area contributed by atoms with E-state index in [9.17, 15) is 0 Å². The van der Waals surface area contributed by atoms with Gasteiger partial charge in [-0.1, -0.05) is 0 Å². The summed E-state index contributed by atoms with van der Waals surface area (Å²) in [4.78, 5) is 0. The summed E-state index contributed by atoms with van der Waals surface area (Å²) in [6, 6.07) is 0. The first-order valence-electron chi connectivity index (χ1n) is 4.08. The van der Waals surface area contributed by atoms with Crippen LogP contribution in [0.2, 0.25) is 0 Å². The molecule has 2 aliphatic heterocycles. The van der Waals surface area contributed by atoms with Crippen LogP contribution < -0.4 is 5.32 Å². The molecule has 0 aromatic carbocycles. The minimum atomic E-state index is 0.120. The molecule has 2 heterocycles. The predicted molar refractivity (Wildman–Crippen MR) is 39.8 cm³/mol. The highest BCUT2D eigenvalue weighted by Gasteiger charge is 2.50. The average molecular weight is 141 g/mol. The topological polar surface area (TPSA) is 32.3 Å². The summed E-state index contributed by atoms with van der Waals surface area (Å²) in [6.45, 7) is 2.58. The molecule has 2 fully saturated rings. The molecule has 10 heavy (non-hydrogen) atoms. The third kappa shape index (κ3) is 0.722. The number of aliphatic hydroxyl groups is 1. The molecular formula is C8H15NO. The van der Waals surface area contributed by atoms with Gasteiger partial charge in [-0.25, -0.2) is 0 Å². The van der Waals surface area contributed by atoms with Crippen molar-refractivity contribution in [2.75, 3.05) is 6.61 Å². The second-order valence-electron chi connectivity index (χ2n) is 4.12. The number of hydrogen-bond acceptors (Lipinski definition) is 2. The molecule has 2 rings (SSSR count). The van der Waals surface area contributed by atoms with Gasteiger partial charge in [0.15, 0.2) is 0 Å². The molecule has 0 amide bonds. The van der Waals surface area contributed by atoms with Crippen molar-refractivity contribution in [2.24, 2.45) is 0 Å². The molecular weight excluding hydrogens is 126 g/mol. The van der Waals surface area contributed by atoms with E-state index in [1.54, 1.807) is 0 Å². The lowest BCUT2D eigenvalue weighted by Gasteiger charge is -2.22. The highest BCUT2D eigenvalue weighted by Crippen LogP contribution is 2.43. The Bertz CT molecular complexity index is 147. The third-order valence-corrected chi connectivity index (χ3v) is 3.18. The lowest BCUT2D eigenvalue weighted by atomic mass is 9.83. The van der Waals surface area contributed by atoms with Crippen LogP contribution in [0.4, 0.5) is 0 Å². The van der Waals surface area contributed by atoms with Crippen molar-refractivity contribution < 1.29 is 5.11 Å². The maximum absolute atomic E-state index is 9.10. The van der Waals surface area contributed by atoms with Gasteiger partial charge in [0.2, 0.25) is 0 Å². The minimum Gasteiger partial charge on any atom is -0.394 e. The van der Waals surface area contributed by atoms with E-state index in [-0.39, 0.29) is 5.54 Å². The fourth-order valence-electron chi connectivity index (χ4n) is 2.37. The lowest BCUT2D eigenvalue weighted by Crippen LogP contribution is -2.43. The molecule has 2 aliphatic rings. The standard InChI is InChI=1S/C8H15NO/c1-7-2-4-8(6-10,9-7)5-3-7/h9-10H,2-6H2,1H3. The Hall–Kier alpha value is -0.0800. The molecule has 2 heteroatoms. The van der Waals surface area contributed by atoms with Crippen LogP contribution in [0.25, 0.3) is 0 Å². The van der Waals surface area contributed by atoms with E-state index in [0.717, 1.165) is 0 Å². The third-order valence-electron chi connectivity index (χ3n) is 3.18. The van der Waals surface area contributed by atoms with Crippen molar-refractivity contribution in [3.63, 3.8) is 0 Å². The predicted octanol–water partition coefficient (Wildman–Crippen LogP) is 0.653. The lowest BCUT2D eigenvalue weighted by molar-refractivity contribution is 0.182. The summed E-state index contributed by atoms with van der Waals surface area (Å²) >= 11 is 0. The van der Waals surface area contributed by atoms with Crippen LogP contribution in [0.3, 0.4) is 0 Å². The first-order valence-corrected chi connectivity index (χ1v) is 4.08. The minimum absolute atomic E-state index is 0.120. The number of aliphatic hydroxyl groups excluding tert-OH is 1. The van der Waals surface area contributed by atoms with E-state index in [1.165, 1.54) is 25.7 Å². The van der Waals surface area contributed by atoms with E-state index < -0.39 is 0 Å². The molecule has 0 saturated carbocycles. The second-order valence-corrected chi connectivity index (χ2v) is 4.12. The van der Waals surface area contributed by atoms with E-state index in [1.807, 2.05) is 0 Å². The fourth-order valence-corrected chi connectivity index (χ4v) is 2.37. The Balaban J connectivity index is 2.19. The molecule has 0 aliphatic carbocycles. The van der Waals surface area contributed by atoms with Crippen LogP contribution in [-0.4, -0.2) is 22.8 Å². The van der Waals surface area contributed by atoms with E-state index in [0.29, 0.717) is 12.1 Å². The molecule has 0 atom stereocenters. The summed E-state index contributed by atoms with van der Waals surface area (Å²) in [7, 11) is 0. The SMILES string of the molecule is CC12CCC(CO)(CC1)N2. The number of rotatable bonds is 1. The Morgan fingerprint density at radius 3 is 2.10 bits per heavy atom. The fraction of sp³-hybridized carbons (Fsp3) is 1.00. The average Bonchev–Trinajstić information content (AvgIpc) is 2.42. The van der Waals surface area contributed by atoms with Crippen LogP contribution in [0.1, 0.15) is 32.6 Å². The number of hydrogen-bond donors (Lipinski definition) is 2. The van der Waals surface area contributed by atoms with Crippen LogP contribution in [0.5, 0.6) is 0 Å². The van der Waals surface area contributed by atoms with Gasteiger partial charge < -0.3 is 10.4 Å². The van der Waals surface area contributed by atoms with Crippen molar-refractivity contribution >= 4 is 0 Å². The van der Waals surface area contributed by atoms with Crippen LogP contribution in [0, 0.1) is 0 Å². The van der Waals surface area contributed by atoms with Crippen LogP contribution >= 0.6 is 0 Å². The number of nitrogens with one attached hydrogen (secondary N) is 1. The van der Waals surface area contributed by atoms with Gasteiger partial charge in [-0.15, -0.1) is 0 Å². The summed E-state index contributed by atoms with van der Waals surface area (Å²) in [6.07, 6.45) is 4.82. The Kier molecular flexibility index (Phi) is 1.15. The molecule has 58 valence electrons. The largest absolute Gasteiger partial charge is 0.394 e. The van der Waals surface area contributed by atoms with Crippen molar-refractivity contribution in [3.8, 4) is 0 Å². The highest BCUT2D eigenvalue weighted by atomic mass is 16.3. The van der Waals surface area contributed by atoms with Gasteiger partial charge in [0, 0.05) is 11.1 Å². The van der Waals surface area contributed by atoms with Gasteiger partial charge in [-0.3, -0.25) is 0 Å². The Morgan fingerprint density at radius 2 is 1.90 bits per heavy atom. The Labute approximate surface area is 61.6 Å². The van der Waals surface area contributed by atoms with Gasteiger partial charge in [-0.05, 0) is 32.6 Å². The van der Waals surface area contributed by atoms with Gasteiger partial charge in [-0.2, -0.15) is 0 Å². The molecule has 2 saturated heterocycles. The normalized spacial score (nSPS) is 52.2. The summed E-state index contributed by atoms with van der Waals surface area (Å²) in [5, 5.41) is 12.6. The second kappa shape index (κ2) is 1.74. The summed E-state index contributed by atoms with van der Waals surface area (Å²) in [5.74, 6) is 0. The molecule has 2 bridgehead atoms. The molecule has 0 spiro atoms. The van der Waals surface area contributed by atoms with Crippen molar-refractivity contribution in [1.82, 2.24) is 5.32 Å². The zero-order valence-corrected chi connectivity index (χ0v) is 6.48. The molecule has 2 nitrogen and oxygen atoms in total. The summed E-state index contributed by atoms with van der Waals surface area (Å²) < 4.78 is 0.